The molecule has 0 unspecified atom stereocenters. The summed E-state index contributed by atoms with van der Waals surface area (Å²) in [5.41, 5.74) is -0.514. The number of rotatable bonds is 1. The molecule has 1 heterocycles. The first kappa shape index (κ1) is 13.2. The Hall–Kier alpha value is -1.26. The molecule has 1 N–H and O–H groups in total. The normalized spacial score (nSPS) is 25.9. The number of hydrogen-bond acceptors (Lipinski definition) is 3. The van der Waals surface area contributed by atoms with E-state index >= 15 is 0 Å². The van der Waals surface area contributed by atoms with Gasteiger partial charge in [0.2, 0.25) is 0 Å². The second-order valence-electron chi connectivity index (χ2n) is 6.42. The van der Waals surface area contributed by atoms with Gasteiger partial charge in [0.25, 0.3) is 0 Å². The molecule has 1 atom stereocenters. The molecular weight excluding hydrogens is 234 g/mol. The first-order valence-electron chi connectivity index (χ1n) is 6.44. The third-order valence-electron chi connectivity index (χ3n) is 3.90. The van der Waals surface area contributed by atoms with E-state index in [2.05, 4.69) is 0 Å². The first-order valence-corrected chi connectivity index (χ1v) is 6.44. The van der Waals surface area contributed by atoms with Crippen LogP contribution in [0.5, 0.6) is 0 Å². The number of likely N-dealkylation sites (tertiary alicyclic amines) is 1. The van der Waals surface area contributed by atoms with Gasteiger partial charge in [-0.3, -0.25) is 4.79 Å². The van der Waals surface area contributed by atoms with Crippen molar-refractivity contribution in [2.45, 2.75) is 45.6 Å². The maximum Gasteiger partial charge on any atom is 0.410 e. The number of carboxylic acid groups (broad SMARTS) is 1. The van der Waals surface area contributed by atoms with Gasteiger partial charge in [-0.05, 0) is 45.4 Å². The van der Waals surface area contributed by atoms with Gasteiger partial charge in [0.1, 0.15) is 5.60 Å². The second-order valence-corrected chi connectivity index (χ2v) is 6.42. The summed E-state index contributed by atoms with van der Waals surface area (Å²) in [6.07, 6.45) is 2.04. The predicted molar refractivity (Wildman–Crippen MR) is 65.2 cm³/mol. The number of piperidine rings is 1. The molecule has 1 saturated heterocycles. The van der Waals surface area contributed by atoms with E-state index in [0.29, 0.717) is 13.1 Å². The topological polar surface area (TPSA) is 66.8 Å². The fourth-order valence-corrected chi connectivity index (χ4v) is 2.71. The van der Waals surface area contributed by atoms with Crippen LogP contribution in [0.25, 0.3) is 0 Å². The number of amides is 1. The molecule has 0 aromatic rings. The van der Waals surface area contributed by atoms with Crippen LogP contribution in [-0.4, -0.2) is 40.8 Å². The Morgan fingerprint density at radius 2 is 1.83 bits per heavy atom. The van der Waals surface area contributed by atoms with Crippen LogP contribution in [-0.2, 0) is 9.53 Å². The molecule has 0 aromatic carbocycles. The fourth-order valence-electron chi connectivity index (χ4n) is 2.71. The summed E-state index contributed by atoms with van der Waals surface area (Å²) < 4.78 is 5.31. The van der Waals surface area contributed by atoms with E-state index in [-0.39, 0.29) is 17.4 Å². The summed E-state index contributed by atoms with van der Waals surface area (Å²) in [7, 11) is 0. The average molecular weight is 255 g/mol. The highest BCUT2D eigenvalue weighted by Gasteiger charge is 2.59. The van der Waals surface area contributed by atoms with Crippen molar-refractivity contribution in [3.8, 4) is 0 Å². The van der Waals surface area contributed by atoms with Crippen molar-refractivity contribution in [2.75, 3.05) is 13.1 Å². The number of carbonyl (C=O) groups is 2. The molecule has 1 aliphatic heterocycles. The molecule has 0 radical (unpaired) electrons. The van der Waals surface area contributed by atoms with Crippen molar-refractivity contribution < 1.29 is 19.4 Å². The molecule has 1 spiro atoms. The molecule has 5 heteroatoms. The number of ether oxygens (including phenoxy) is 1. The molecule has 1 aliphatic carbocycles. The number of carbonyl (C=O) groups excluding carboxylic acids is 1. The van der Waals surface area contributed by atoms with E-state index in [9.17, 15) is 9.59 Å². The van der Waals surface area contributed by atoms with Gasteiger partial charge in [0.15, 0.2) is 0 Å². The van der Waals surface area contributed by atoms with Crippen molar-refractivity contribution in [3.63, 3.8) is 0 Å². The van der Waals surface area contributed by atoms with Gasteiger partial charge in [-0.25, -0.2) is 4.79 Å². The summed E-state index contributed by atoms with van der Waals surface area (Å²) in [6.45, 7) is 6.75. The summed E-state index contributed by atoms with van der Waals surface area (Å²) in [6, 6.07) is 0. The molecule has 102 valence electrons. The van der Waals surface area contributed by atoms with E-state index in [0.717, 1.165) is 19.3 Å². The average Bonchev–Trinajstić information content (AvgIpc) is 2.91. The summed E-state index contributed by atoms with van der Waals surface area (Å²) >= 11 is 0. The summed E-state index contributed by atoms with van der Waals surface area (Å²) in [4.78, 5) is 24.5. The Morgan fingerprint density at radius 1 is 1.28 bits per heavy atom. The van der Waals surface area contributed by atoms with E-state index in [4.69, 9.17) is 9.84 Å². The van der Waals surface area contributed by atoms with Crippen LogP contribution < -0.4 is 0 Å². The molecule has 2 aliphatic rings. The lowest BCUT2D eigenvalue weighted by Gasteiger charge is -2.33. The van der Waals surface area contributed by atoms with Gasteiger partial charge >= 0.3 is 12.1 Å². The van der Waals surface area contributed by atoms with Crippen molar-refractivity contribution >= 4 is 12.1 Å². The van der Waals surface area contributed by atoms with Crippen molar-refractivity contribution in [3.05, 3.63) is 0 Å². The zero-order chi connectivity index (χ0) is 13.6. The van der Waals surface area contributed by atoms with Crippen LogP contribution in [0.1, 0.15) is 40.0 Å². The predicted octanol–water partition coefficient (Wildman–Crippen LogP) is 2.11. The van der Waals surface area contributed by atoms with Crippen LogP contribution in [0.2, 0.25) is 0 Å². The molecule has 2 rings (SSSR count). The third kappa shape index (κ3) is 2.60. The molecule has 2 fully saturated rings. The molecule has 0 bridgehead atoms. The van der Waals surface area contributed by atoms with E-state index in [1.54, 1.807) is 4.90 Å². The minimum Gasteiger partial charge on any atom is -0.481 e. The van der Waals surface area contributed by atoms with Crippen molar-refractivity contribution in [1.29, 1.82) is 0 Å². The SMILES string of the molecule is CC(C)(C)OC(=O)N1CCC2(CC1)C[C@H]2C(=O)O. The van der Waals surface area contributed by atoms with Crippen LogP contribution >= 0.6 is 0 Å². The lowest BCUT2D eigenvalue weighted by atomic mass is 9.91. The molecular formula is C13H21NO4. The van der Waals surface area contributed by atoms with E-state index in [1.165, 1.54) is 0 Å². The molecule has 1 saturated carbocycles. The Morgan fingerprint density at radius 3 is 2.22 bits per heavy atom. The standard InChI is InChI=1S/C13H21NO4/c1-12(2,3)18-11(17)14-6-4-13(5-7-14)8-9(13)10(15)16/h9H,4-8H2,1-3H3,(H,15,16)/t9-/m0/s1. The van der Waals surface area contributed by atoms with Gasteiger partial charge in [-0.15, -0.1) is 0 Å². The van der Waals surface area contributed by atoms with Crippen LogP contribution in [0.15, 0.2) is 0 Å². The highest BCUT2D eigenvalue weighted by Crippen LogP contribution is 2.59. The summed E-state index contributed by atoms with van der Waals surface area (Å²) in [5.74, 6) is -0.890. The maximum absolute atomic E-state index is 11.8. The third-order valence-corrected chi connectivity index (χ3v) is 3.90. The zero-order valence-electron chi connectivity index (χ0n) is 11.2. The zero-order valence-corrected chi connectivity index (χ0v) is 11.2. The number of aliphatic carboxylic acids is 1. The summed E-state index contributed by atoms with van der Waals surface area (Å²) in [5, 5.41) is 8.99. The van der Waals surface area contributed by atoms with Crippen molar-refractivity contribution in [2.24, 2.45) is 11.3 Å². The van der Waals surface area contributed by atoms with Crippen molar-refractivity contribution in [1.82, 2.24) is 4.90 Å². The van der Waals surface area contributed by atoms with Crippen LogP contribution in [0.3, 0.4) is 0 Å². The quantitative estimate of drug-likeness (QED) is 0.779. The minimum absolute atomic E-state index is 0.0374. The van der Waals surface area contributed by atoms with E-state index < -0.39 is 11.6 Å². The number of nitrogens with zero attached hydrogens (tertiary/aromatic N) is 1. The Balaban J connectivity index is 1.85. The highest BCUT2D eigenvalue weighted by atomic mass is 16.6. The fraction of sp³-hybridized carbons (Fsp3) is 0.846. The Labute approximate surface area is 107 Å². The molecule has 0 aromatic heterocycles. The van der Waals surface area contributed by atoms with Gasteiger partial charge in [-0.1, -0.05) is 0 Å². The molecule has 18 heavy (non-hydrogen) atoms. The first-order chi connectivity index (χ1) is 8.23. The highest BCUT2D eigenvalue weighted by molar-refractivity contribution is 5.75. The molecule has 5 nitrogen and oxygen atoms in total. The molecule has 1 amide bonds. The van der Waals surface area contributed by atoms with Gasteiger partial charge in [0, 0.05) is 13.1 Å². The van der Waals surface area contributed by atoms with Gasteiger partial charge in [-0.2, -0.15) is 0 Å². The Kier molecular flexibility index (Phi) is 3.03. The number of carboxylic acids is 1. The maximum atomic E-state index is 11.8. The van der Waals surface area contributed by atoms with E-state index in [1.807, 2.05) is 20.8 Å². The largest absolute Gasteiger partial charge is 0.481 e. The smallest absolute Gasteiger partial charge is 0.410 e. The van der Waals surface area contributed by atoms with Crippen LogP contribution in [0.4, 0.5) is 4.79 Å². The lowest BCUT2D eigenvalue weighted by Crippen LogP contribution is -2.42. The number of hydrogen-bond donors (Lipinski definition) is 1. The monoisotopic (exact) mass is 255 g/mol. The van der Waals surface area contributed by atoms with Gasteiger partial charge in [0.05, 0.1) is 5.92 Å². The lowest BCUT2D eigenvalue weighted by molar-refractivity contribution is -0.139. The Bertz CT molecular complexity index is 364. The van der Waals surface area contributed by atoms with Crippen LogP contribution in [0, 0.1) is 11.3 Å². The van der Waals surface area contributed by atoms with Gasteiger partial charge < -0.3 is 14.7 Å². The second kappa shape index (κ2) is 4.14. The minimum atomic E-state index is -0.694.